The molecule has 2 heterocycles. The van der Waals surface area contributed by atoms with E-state index in [9.17, 15) is 5.21 Å². The van der Waals surface area contributed by atoms with Crippen molar-refractivity contribution in [1.29, 1.82) is 0 Å². The molecule has 4 rings (SSSR count). The van der Waals surface area contributed by atoms with Gasteiger partial charge in [-0.25, -0.2) is 4.63 Å². The van der Waals surface area contributed by atoms with Gasteiger partial charge in [0.25, 0.3) is 5.52 Å². The van der Waals surface area contributed by atoms with E-state index in [0.717, 1.165) is 4.85 Å². The van der Waals surface area contributed by atoms with Crippen LogP contribution in [-0.4, -0.2) is 20.2 Å². The van der Waals surface area contributed by atoms with Gasteiger partial charge in [0.2, 0.25) is 5.52 Å². The Kier molecular flexibility index (Phi) is 1.85. The topological polar surface area (TPSA) is 83.7 Å². The van der Waals surface area contributed by atoms with Gasteiger partial charge in [-0.3, -0.25) is 0 Å². The van der Waals surface area contributed by atoms with Gasteiger partial charge in [0.15, 0.2) is 5.52 Å². The highest BCUT2D eigenvalue weighted by Gasteiger charge is 2.21. The molecule has 0 amide bonds. The first-order chi connectivity index (χ1) is 9.34. The lowest BCUT2D eigenvalue weighted by Gasteiger charge is -2.02. The molecule has 4 aromatic rings. The zero-order valence-corrected chi connectivity index (χ0v) is 9.59. The van der Waals surface area contributed by atoms with Crippen molar-refractivity contribution in [2.75, 3.05) is 0 Å². The Morgan fingerprint density at radius 3 is 2.68 bits per heavy atom. The lowest BCUT2D eigenvalue weighted by molar-refractivity contribution is -0.664. The van der Waals surface area contributed by atoms with Gasteiger partial charge in [-0.15, -0.1) is 4.85 Å². The second-order valence-electron chi connectivity index (χ2n) is 4.06. The van der Waals surface area contributed by atoms with E-state index >= 15 is 0 Å². The lowest BCUT2D eigenvalue weighted by Crippen LogP contribution is -2.37. The van der Waals surface area contributed by atoms with E-state index in [-0.39, 0.29) is 0 Å². The van der Waals surface area contributed by atoms with E-state index in [1.165, 1.54) is 4.80 Å². The van der Waals surface area contributed by atoms with E-state index in [2.05, 4.69) is 20.0 Å². The molecule has 0 bridgehead atoms. The zero-order valence-electron chi connectivity index (χ0n) is 9.59. The van der Waals surface area contributed by atoms with Gasteiger partial charge in [0.05, 0.1) is 5.10 Å². The summed E-state index contributed by atoms with van der Waals surface area (Å²) in [4.78, 5) is 2.00. The van der Waals surface area contributed by atoms with Crippen LogP contribution in [0.4, 0.5) is 0 Å². The summed E-state index contributed by atoms with van der Waals surface area (Å²) in [5.41, 5.74) is 2.63. The van der Waals surface area contributed by atoms with Crippen molar-refractivity contribution in [3.63, 3.8) is 0 Å². The van der Waals surface area contributed by atoms with Crippen molar-refractivity contribution in [3.8, 4) is 5.69 Å². The molecule has 0 radical (unpaired) electrons. The summed E-state index contributed by atoms with van der Waals surface area (Å²) < 4.78 is 4.67. The van der Waals surface area contributed by atoms with Crippen LogP contribution in [0.25, 0.3) is 27.8 Å². The number of benzene rings is 2. The van der Waals surface area contributed by atoms with Crippen molar-refractivity contribution in [3.05, 3.63) is 47.7 Å². The number of rotatable bonds is 1. The normalized spacial score (nSPS) is 11.4. The maximum Gasteiger partial charge on any atom is 0.281 e. The molecule has 0 aliphatic carbocycles. The van der Waals surface area contributed by atoms with Crippen LogP contribution in [0.5, 0.6) is 0 Å². The molecule has 7 nitrogen and oxygen atoms in total. The highest BCUT2D eigenvalue weighted by atomic mass is 16.6. The number of nitrogens with zero attached hydrogens (tertiary/aromatic N) is 5. The maximum absolute atomic E-state index is 12.2. The molecule has 0 aliphatic rings. The minimum atomic E-state index is 0.423. The van der Waals surface area contributed by atoms with E-state index in [4.69, 9.17) is 0 Å². The number of fused-ring (bicyclic) bond motifs is 3. The van der Waals surface area contributed by atoms with Gasteiger partial charge in [-0.05, 0) is 39.4 Å². The van der Waals surface area contributed by atoms with Gasteiger partial charge >= 0.3 is 0 Å². The Balaban J connectivity index is 2.10. The average molecular weight is 253 g/mol. The Morgan fingerprint density at radius 1 is 1.00 bits per heavy atom. The van der Waals surface area contributed by atoms with Crippen molar-refractivity contribution in [2.24, 2.45) is 0 Å². The summed E-state index contributed by atoms with van der Waals surface area (Å²) in [6.07, 6.45) is 0. The molecule has 0 aliphatic heterocycles. The van der Waals surface area contributed by atoms with Crippen molar-refractivity contribution in [1.82, 2.24) is 20.2 Å². The zero-order chi connectivity index (χ0) is 12.8. The molecule has 19 heavy (non-hydrogen) atoms. The van der Waals surface area contributed by atoms with Crippen LogP contribution < -0.4 is 4.85 Å². The van der Waals surface area contributed by atoms with Gasteiger partial charge in [0, 0.05) is 0 Å². The summed E-state index contributed by atoms with van der Waals surface area (Å²) in [6.45, 7) is 0. The maximum atomic E-state index is 12.2. The van der Waals surface area contributed by atoms with Gasteiger partial charge in [-0.2, -0.15) is 0 Å². The van der Waals surface area contributed by atoms with E-state index in [0.29, 0.717) is 27.8 Å². The van der Waals surface area contributed by atoms with Crippen LogP contribution in [0.15, 0.2) is 47.1 Å². The Bertz CT molecular complexity index is 881. The number of hydrogen-bond acceptors (Lipinski definition) is 5. The summed E-state index contributed by atoms with van der Waals surface area (Å²) in [5.74, 6) is 0. The monoisotopic (exact) mass is 253 g/mol. The number of aromatic nitrogens is 5. The quantitative estimate of drug-likeness (QED) is 0.376. The third kappa shape index (κ3) is 1.32. The smallest absolute Gasteiger partial charge is 0.281 e. The highest BCUT2D eigenvalue weighted by Crippen LogP contribution is 2.19. The number of hydrogen-bond donors (Lipinski definition) is 0. The first-order valence-corrected chi connectivity index (χ1v) is 5.64. The third-order valence-corrected chi connectivity index (χ3v) is 2.94. The first kappa shape index (κ1) is 10.0. The van der Waals surface area contributed by atoms with Crippen LogP contribution in [0.3, 0.4) is 0 Å². The van der Waals surface area contributed by atoms with Crippen LogP contribution in [0.1, 0.15) is 0 Å². The molecule has 7 heteroatoms. The second kappa shape index (κ2) is 3.52. The molecule has 0 fully saturated rings. The highest BCUT2D eigenvalue weighted by molar-refractivity contribution is 5.97. The van der Waals surface area contributed by atoms with Crippen LogP contribution in [0, 0.1) is 5.21 Å². The minimum Gasteiger partial charge on any atom is -0.692 e. The Labute approximate surface area is 106 Å². The fraction of sp³-hybridized carbons (Fsp3) is 0. The molecule has 0 spiro atoms. The summed E-state index contributed by atoms with van der Waals surface area (Å²) in [7, 11) is 0. The second-order valence-corrected chi connectivity index (χ2v) is 4.06. The van der Waals surface area contributed by atoms with Crippen molar-refractivity contribution < 1.29 is 9.47 Å². The summed E-state index contributed by atoms with van der Waals surface area (Å²) >= 11 is 0. The average Bonchev–Trinajstić information content (AvgIpc) is 3.04. The van der Waals surface area contributed by atoms with Crippen molar-refractivity contribution >= 4 is 22.1 Å². The Morgan fingerprint density at radius 2 is 1.84 bits per heavy atom. The molecule has 0 atom stereocenters. The summed E-state index contributed by atoms with van der Waals surface area (Å²) in [6, 6.07) is 12.5. The molecule has 92 valence electrons. The van der Waals surface area contributed by atoms with Crippen LogP contribution in [0.2, 0.25) is 0 Å². The molecular weight excluding hydrogens is 246 g/mol. The lowest BCUT2D eigenvalue weighted by atomic mass is 10.3. The Hall–Kier alpha value is -2.96. The standard InChI is InChI=1S/C12H7N5O2/c18-17-10-7-6-9-11(15-19-14-9)12(10)13-16(17)8-4-2-1-3-5-8/h1-7H. The van der Waals surface area contributed by atoms with E-state index < -0.39 is 0 Å². The van der Waals surface area contributed by atoms with E-state index in [1.807, 2.05) is 18.2 Å². The summed E-state index contributed by atoms with van der Waals surface area (Å²) in [5, 5.41) is 24.0. The largest absolute Gasteiger partial charge is 0.692 e. The minimum absolute atomic E-state index is 0.423. The molecule has 0 saturated heterocycles. The fourth-order valence-electron chi connectivity index (χ4n) is 2.04. The van der Waals surface area contributed by atoms with Gasteiger partial charge in [-0.1, -0.05) is 18.2 Å². The predicted molar refractivity (Wildman–Crippen MR) is 65.4 cm³/mol. The first-order valence-electron chi connectivity index (χ1n) is 5.64. The SMILES string of the molecule is [O-][n+]1c2ccc3nonc3c2nn1-c1ccccc1. The van der Waals surface area contributed by atoms with E-state index in [1.54, 1.807) is 24.3 Å². The number of para-hydroxylation sites is 1. The van der Waals surface area contributed by atoms with Gasteiger partial charge < -0.3 is 5.21 Å². The van der Waals surface area contributed by atoms with Crippen LogP contribution in [-0.2, 0) is 0 Å². The third-order valence-electron chi connectivity index (χ3n) is 2.94. The molecular formula is C12H7N5O2. The molecule has 0 unspecified atom stereocenters. The predicted octanol–water partition coefficient (Wildman–Crippen LogP) is 1.20. The van der Waals surface area contributed by atoms with Crippen molar-refractivity contribution in [2.45, 2.75) is 0 Å². The van der Waals surface area contributed by atoms with Gasteiger partial charge in [0.1, 0.15) is 11.2 Å². The molecule has 0 N–H and O–H groups in total. The fourth-order valence-corrected chi connectivity index (χ4v) is 2.04. The molecule has 0 saturated carbocycles. The molecule has 2 aromatic carbocycles. The van der Waals surface area contributed by atoms with Crippen LogP contribution >= 0.6 is 0 Å². The molecule has 2 aromatic heterocycles.